The maximum atomic E-state index is 12.2. The fraction of sp³-hybridized carbons (Fsp3) is 0.357. The van der Waals surface area contributed by atoms with Gasteiger partial charge in [-0.2, -0.15) is 11.8 Å². The number of thioether (sulfide) groups is 1. The van der Waals surface area contributed by atoms with Gasteiger partial charge in [0.15, 0.2) is 0 Å². The second-order valence-corrected chi connectivity index (χ2v) is 5.59. The Hall–Kier alpha value is -2.02. The Labute approximate surface area is 126 Å². The average molecular weight is 308 g/mol. The number of amides is 3. The first kappa shape index (κ1) is 15.4. The van der Waals surface area contributed by atoms with Crippen molar-refractivity contribution in [1.82, 2.24) is 4.90 Å². The molecule has 0 radical (unpaired) electrons. The van der Waals surface area contributed by atoms with Gasteiger partial charge in [0.05, 0.1) is 17.7 Å². The van der Waals surface area contributed by atoms with E-state index >= 15 is 0 Å². The fourth-order valence-electron chi connectivity index (χ4n) is 2.21. The number of benzene rings is 1. The molecule has 0 spiro atoms. The summed E-state index contributed by atoms with van der Waals surface area (Å²) in [5.74, 6) is 0.0110. The Balaban J connectivity index is 2.13. The standard InChI is InChI=1S/C14H16N2O4S/c1-21-7-6-9(20-14(15)19)8-16-12(17)10-4-2-3-5-11(10)13(16)18/h2-5,9H,6-8H2,1H3,(H2,15,19). The topological polar surface area (TPSA) is 89.7 Å². The zero-order valence-corrected chi connectivity index (χ0v) is 12.4. The fourth-order valence-corrected chi connectivity index (χ4v) is 2.71. The molecule has 7 heteroatoms. The van der Waals surface area contributed by atoms with E-state index in [-0.39, 0.29) is 18.4 Å². The van der Waals surface area contributed by atoms with Gasteiger partial charge in [-0.15, -0.1) is 0 Å². The van der Waals surface area contributed by atoms with Gasteiger partial charge in [0, 0.05) is 0 Å². The number of nitrogens with zero attached hydrogens (tertiary/aromatic N) is 1. The van der Waals surface area contributed by atoms with E-state index in [1.165, 1.54) is 0 Å². The first-order valence-electron chi connectivity index (χ1n) is 6.45. The molecule has 1 aromatic rings. The highest BCUT2D eigenvalue weighted by Gasteiger charge is 2.36. The lowest BCUT2D eigenvalue weighted by Crippen LogP contribution is -2.40. The second kappa shape index (κ2) is 6.62. The predicted octanol–water partition coefficient (Wildman–Crippen LogP) is 1.50. The first-order valence-corrected chi connectivity index (χ1v) is 7.84. The van der Waals surface area contributed by atoms with E-state index in [4.69, 9.17) is 10.5 Å². The highest BCUT2D eigenvalue weighted by atomic mass is 32.2. The van der Waals surface area contributed by atoms with Gasteiger partial charge in [0.25, 0.3) is 11.8 Å². The van der Waals surface area contributed by atoms with Crippen molar-refractivity contribution in [2.45, 2.75) is 12.5 Å². The van der Waals surface area contributed by atoms with Gasteiger partial charge in [-0.1, -0.05) is 12.1 Å². The van der Waals surface area contributed by atoms with Crippen molar-refractivity contribution in [3.8, 4) is 0 Å². The summed E-state index contributed by atoms with van der Waals surface area (Å²) in [4.78, 5) is 36.5. The van der Waals surface area contributed by atoms with Crippen molar-refractivity contribution in [1.29, 1.82) is 0 Å². The number of primary amides is 1. The van der Waals surface area contributed by atoms with Gasteiger partial charge < -0.3 is 10.5 Å². The van der Waals surface area contributed by atoms with Crippen LogP contribution in [0.2, 0.25) is 0 Å². The third-order valence-electron chi connectivity index (χ3n) is 3.19. The molecule has 1 aliphatic heterocycles. The molecule has 1 aromatic carbocycles. The minimum Gasteiger partial charge on any atom is -0.444 e. The molecule has 1 heterocycles. The van der Waals surface area contributed by atoms with Crippen LogP contribution in [0.1, 0.15) is 27.1 Å². The van der Waals surface area contributed by atoms with Gasteiger partial charge in [0.1, 0.15) is 6.10 Å². The largest absolute Gasteiger partial charge is 0.444 e. The molecule has 112 valence electrons. The van der Waals surface area contributed by atoms with Crippen LogP contribution >= 0.6 is 11.8 Å². The van der Waals surface area contributed by atoms with Crippen LogP contribution in [0.15, 0.2) is 24.3 Å². The van der Waals surface area contributed by atoms with Crippen LogP contribution in [-0.4, -0.2) is 47.5 Å². The maximum Gasteiger partial charge on any atom is 0.404 e. The summed E-state index contributed by atoms with van der Waals surface area (Å²) < 4.78 is 4.99. The molecule has 1 aliphatic rings. The molecule has 2 N–H and O–H groups in total. The molecule has 3 amide bonds. The Bertz CT molecular complexity index is 541. The SMILES string of the molecule is CSCCC(CN1C(=O)c2ccccc2C1=O)OC(N)=O. The van der Waals surface area contributed by atoms with E-state index in [0.717, 1.165) is 10.7 Å². The highest BCUT2D eigenvalue weighted by Crippen LogP contribution is 2.23. The van der Waals surface area contributed by atoms with Crippen LogP contribution in [0.4, 0.5) is 4.79 Å². The Morgan fingerprint density at radius 2 is 1.86 bits per heavy atom. The molecular formula is C14H16N2O4S. The summed E-state index contributed by atoms with van der Waals surface area (Å²) in [6, 6.07) is 6.64. The summed E-state index contributed by atoms with van der Waals surface area (Å²) in [5.41, 5.74) is 5.80. The smallest absolute Gasteiger partial charge is 0.404 e. The Morgan fingerprint density at radius 3 is 2.33 bits per heavy atom. The van der Waals surface area contributed by atoms with Crippen LogP contribution in [0.5, 0.6) is 0 Å². The van der Waals surface area contributed by atoms with Crippen LogP contribution in [0, 0.1) is 0 Å². The van der Waals surface area contributed by atoms with Crippen molar-refractivity contribution in [2.24, 2.45) is 5.73 Å². The Kier molecular flexibility index (Phi) is 4.85. The van der Waals surface area contributed by atoms with Gasteiger partial charge in [-0.05, 0) is 30.6 Å². The number of fused-ring (bicyclic) bond motifs is 1. The number of nitrogens with two attached hydrogens (primary N) is 1. The first-order chi connectivity index (χ1) is 10.0. The second-order valence-electron chi connectivity index (χ2n) is 4.61. The van der Waals surface area contributed by atoms with Crippen LogP contribution in [-0.2, 0) is 4.74 Å². The van der Waals surface area contributed by atoms with Crippen LogP contribution < -0.4 is 5.73 Å². The van der Waals surface area contributed by atoms with Crippen LogP contribution in [0.25, 0.3) is 0 Å². The minimum absolute atomic E-state index is 0.0237. The summed E-state index contributed by atoms with van der Waals surface area (Å²) in [6.07, 6.45) is 0.954. The van der Waals surface area contributed by atoms with E-state index in [9.17, 15) is 14.4 Å². The molecule has 0 aromatic heterocycles. The molecule has 21 heavy (non-hydrogen) atoms. The maximum absolute atomic E-state index is 12.2. The van der Waals surface area contributed by atoms with Gasteiger partial charge in [-0.25, -0.2) is 4.79 Å². The van der Waals surface area contributed by atoms with E-state index in [0.29, 0.717) is 17.5 Å². The number of carbonyl (C=O) groups is 3. The zero-order chi connectivity index (χ0) is 15.4. The summed E-state index contributed by atoms with van der Waals surface area (Å²) >= 11 is 1.58. The van der Waals surface area contributed by atoms with E-state index in [1.54, 1.807) is 36.0 Å². The lowest BCUT2D eigenvalue weighted by atomic mass is 10.1. The van der Waals surface area contributed by atoms with E-state index < -0.39 is 12.2 Å². The van der Waals surface area contributed by atoms with Crippen molar-refractivity contribution < 1.29 is 19.1 Å². The third-order valence-corrected chi connectivity index (χ3v) is 3.84. The Morgan fingerprint density at radius 1 is 1.29 bits per heavy atom. The number of rotatable bonds is 6. The lowest BCUT2D eigenvalue weighted by Gasteiger charge is -2.21. The third kappa shape index (κ3) is 3.36. The molecule has 0 bridgehead atoms. The van der Waals surface area contributed by atoms with Crippen molar-refractivity contribution >= 4 is 29.7 Å². The molecule has 1 atom stereocenters. The molecule has 0 saturated heterocycles. The number of carbonyl (C=O) groups excluding carboxylic acids is 3. The number of hydrogen-bond donors (Lipinski definition) is 1. The number of hydrogen-bond acceptors (Lipinski definition) is 5. The predicted molar refractivity (Wildman–Crippen MR) is 79.3 cm³/mol. The molecule has 0 fully saturated rings. The van der Waals surface area contributed by atoms with Crippen molar-refractivity contribution in [3.05, 3.63) is 35.4 Å². The summed E-state index contributed by atoms with van der Waals surface area (Å²) in [7, 11) is 0. The average Bonchev–Trinajstić information content (AvgIpc) is 2.70. The summed E-state index contributed by atoms with van der Waals surface area (Å²) in [5, 5.41) is 0. The lowest BCUT2D eigenvalue weighted by molar-refractivity contribution is 0.0485. The van der Waals surface area contributed by atoms with Gasteiger partial charge in [0.2, 0.25) is 0 Å². The monoisotopic (exact) mass is 308 g/mol. The van der Waals surface area contributed by atoms with Crippen LogP contribution in [0.3, 0.4) is 0 Å². The summed E-state index contributed by atoms with van der Waals surface area (Å²) in [6.45, 7) is 0.0237. The molecular weight excluding hydrogens is 292 g/mol. The van der Waals surface area contributed by atoms with Gasteiger partial charge >= 0.3 is 6.09 Å². The molecule has 6 nitrogen and oxygen atoms in total. The molecule has 2 rings (SSSR count). The zero-order valence-electron chi connectivity index (χ0n) is 11.6. The van der Waals surface area contributed by atoms with Gasteiger partial charge in [-0.3, -0.25) is 14.5 Å². The minimum atomic E-state index is -0.905. The van der Waals surface area contributed by atoms with Crippen molar-refractivity contribution in [2.75, 3.05) is 18.6 Å². The van der Waals surface area contributed by atoms with E-state index in [2.05, 4.69) is 0 Å². The normalized spacial score (nSPS) is 15.0. The number of ether oxygens (including phenoxy) is 1. The number of imide groups is 1. The molecule has 1 unspecified atom stereocenters. The van der Waals surface area contributed by atoms with E-state index in [1.807, 2.05) is 6.26 Å². The quantitative estimate of drug-likeness (QED) is 0.804. The molecule has 0 aliphatic carbocycles. The van der Waals surface area contributed by atoms with Crippen molar-refractivity contribution in [3.63, 3.8) is 0 Å². The highest BCUT2D eigenvalue weighted by molar-refractivity contribution is 7.98. The molecule has 0 saturated carbocycles.